The predicted molar refractivity (Wildman–Crippen MR) is 206 cm³/mol. The Bertz CT molecular complexity index is 1990. The molecular weight excluding hydrogens is 681 g/mol. The summed E-state index contributed by atoms with van der Waals surface area (Å²) in [5.41, 5.74) is 6.21. The lowest BCUT2D eigenvalue weighted by Gasteiger charge is -2.39. The molecule has 0 aromatic heterocycles. The summed E-state index contributed by atoms with van der Waals surface area (Å²) in [5, 5.41) is 12.5. The summed E-state index contributed by atoms with van der Waals surface area (Å²) in [7, 11) is 0. The Hall–Kier alpha value is -5.35. The van der Waals surface area contributed by atoms with E-state index in [9.17, 15) is 19.5 Å². The van der Waals surface area contributed by atoms with E-state index in [1.165, 1.54) is 11.1 Å². The minimum Gasteiger partial charge on any atom is -0.508 e. The maximum absolute atomic E-state index is 13.1. The Morgan fingerprint density at radius 2 is 1.65 bits per heavy atom. The van der Waals surface area contributed by atoms with Crippen LogP contribution in [-0.4, -0.2) is 84.1 Å². The van der Waals surface area contributed by atoms with Gasteiger partial charge >= 0.3 is 0 Å². The zero-order chi connectivity index (χ0) is 37.2. The minimum absolute atomic E-state index is 0.0640. The van der Waals surface area contributed by atoms with Crippen molar-refractivity contribution in [3.05, 3.63) is 119 Å². The number of hydrogen-bond acceptors (Lipinski definition) is 8. The molecule has 4 heterocycles. The van der Waals surface area contributed by atoms with Crippen molar-refractivity contribution in [2.75, 3.05) is 44.2 Å². The van der Waals surface area contributed by atoms with E-state index >= 15 is 0 Å². The number of nitrogens with zero attached hydrogens (tertiary/aromatic N) is 3. The normalized spacial score (nSPS) is 22.7. The topological polar surface area (TPSA) is 112 Å². The van der Waals surface area contributed by atoms with Crippen molar-refractivity contribution in [1.29, 1.82) is 0 Å². The zero-order valence-corrected chi connectivity index (χ0v) is 30.8. The standard InChI is InChI=1S/C44H48N4O6/c1-29-41(30-8-4-2-5-9-30)42(37-17-13-34(49)27-39(37)54-29)31-10-14-35(15-11-31)53-25-7-3-6-20-46-21-23-47(24-22-46)33-12-16-36-32(26-33)28-48(44(36)52)38-18-19-40(50)45-43(38)51/h2,4-5,8-17,26-27,29,38,41-42,49H,3,6-7,18-25,28H2,1H3,(H,45,50,51)/t29-,38?,41-,42-/m0/s1. The van der Waals surface area contributed by atoms with Crippen LogP contribution in [0.25, 0.3) is 0 Å². The fourth-order valence-electron chi connectivity index (χ4n) is 8.71. The first kappa shape index (κ1) is 35.7. The van der Waals surface area contributed by atoms with Crippen LogP contribution in [0.2, 0.25) is 0 Å². The summed E-state index contributed by atoms with van der Waals surface area (Å²) >= 11 is 0. The molecule has 10 nitrogen and oxygen atoms in total. The van der Waals surface area contributed by atoms with E-state index in [0.29, 0.717) is 25.1 Å². The van der Waals surface area contributed by atoms with Crippen molar-refractivity contribution in [3.8, 4) is 17.2 Å². The van der Waals surface area contributed by atoms with Gasteiger partial charge in [0.1, 0.15) is 29.4 Å². The molecule has 4 aliphatic rings. The fourth-order valence-corrected chi connectivity index (χ4v) is 8.71. The third kappa shape index (κ3) is 7.40. The van der Waals surface area contributed by atoms with Gasteiger partial charge in [0.05, 0.1) is 6.61 Å². The molecule has 2 saturated heterocycles. The first-order chi connectivity index (χ1) is 26.3. The molecule has 4 aromatic rings. The molecule has 280 valence electrons. The third-order valence-corrected chi connectivity index (χ3v) is 11.6. The Morgan fingerprint density at radius 3 is 2.43 bits per heavy atom. The number of rotatable bonds is 11. The monoisotopic (exact) mass is 728 g/mol. The molecule has 3 amide bonds. The summed E-state index contributed by atoms with van der Waals surface area (Å²) < 4.78 is 12.5. The predicted octanol–water partition coefficient (Wildman–Crippen LogP) is 6.22. The lowest BCUT2D eigenvalue weighted by atomic mass is 9.73. The molecule has 0 bridgehead atoms. The van der Waals surface area contributed by atoms with Gasteiger partial charge in [-0.05, 0) is 92.2 Å². The van der Waals surface area contributed by atoms with E-state index in [1.807, 2.05) is 24.3 Å². The van der Waals surface area contributed by atoms with E-state index in [-0.39, 0.29) is 47.8 Å². The van der Waals surface area contributed by atoms with Gasteiger partial charge in [0, 0.05) is 73.9 Å². The van der Waals surface area contributed by atoms with Crippen molar-refractivity contribution >= 4 is 23.4 Å². The summed E-state index contributed by atoms with van der Waals surface area (Å²) in [5.74, 6) is 1.24. The average molecular weight is 729 g/mol. The number of fused-ring (bicyclic) bond motifs is 2. The number of hydrogen-bond donors (Lipinski definition) is 2. The number of aromatic hydroxyl groups is 1. The molecule has 0 saturated carbocycles. The first-order valence-electron chi connectivity index (χ1n) is 19.3. The SMILES string of the molecule is C[C@@H]1Oc2cc(O)ccc2[C@H](c2ccc(OCCCCCN3CCN(c4ccc5c(c4)CN(C4CCC(=O)NC4=O)C5=O)CC3)cc2)[C@@H]1c1ccccc1. The Kier molecular flexibility index (Phi) is 10.3. The highest BCUT2D eigenvalue weighted by atomic mass is 16.5. The Labute approximate surface area is 316 Å². The van der Waals surface area contributed by atoms with Gasteiger partial charge in [0.25, 0.3) is 5.91 Å². The van der Waals surface area contributed by atoms with Crippen LogP contribution in [0.5, 0.6) is 17.2 Å². The number of imide groups is 1. The van der Waals surface area contributed by atoms with Crippen LogP contribution in [0.4, 0.5) is 5.69 Å². The molecule has 2 N–H and O–H groups in total. The second-order valence-corrected chi connectivity index (χ2v) is 15.0. The van der Waals surface area contributed by atoms with Crippen LogP contribution in [-0.2, 0) is 16.1 Å². The summed E-state index contributed by atoms with van der Waals surface area (Å²) in [6.07, 6.45) is 3.78. The largest absolute Gasteiger partial charge is 0.508 e. The third-order valence-electron chi connectivity index (χ3n) is 11.6. The molecule has 4 aromatic carbocycles. The van der Waals surface area contributed by atoms with E-state index in [1.54, 1.807) is 17.0 Å². The van der Waals surface area contributed by atoms with Gasteiger partial charge in [-0.3, -0.25) is 24.6 Å². The maximum Gasteiger partial charge on any atom is 0.255 e. The van der Waals surface area contributed by atoms with Gasteiger partial charge in [-0.25, -0.2) is 0 Å². The molecule has 8 rings (SSSR count). The number of amides is 3. The van der Waals surface area contributed by atoms with Crippen LogP contribution in [0.3, 0.4) is 0 Å². The fraction of sp³-hybridized carbons (Fsp3) is 0.386. The number of piperidine rings is 1. The van der Waals surface area contributed by atoms with Crippen LogP contribution >= 0.6 is 0 Å². The second kappa shape index (κ2) is 15.6. The van der Waals surface area contributed by atoms with Crippen LogP contribution in [0.1, 0.15) is 83.5 Å². The van der Waals surface area contributed by atoms with Crippen molar-refractivity contribution in [1.82, 2.24) is 15.1 Å². The molecule has 0 aliphatic carbocycles. The number of benzene rings is 4. The molecule has 1 unspecified atom stereocenters. The number of unbranched alkanes of at least 4 members (excludes halogenated alkanes) is 2. The second-order valence-electron chi connectivity index (χ2n) is 15.0. The van der Waals surface area contributed by atoms with E-state index in [2.05, 4.69) is 76.6 Å². The van der Waals surface area contributed by atoms with E-state index in [0.717, 1.165) is 80.3 Å². The lowest BCUT2D eigenvalue weighted by molar-refractivity contribution is -0.136. The van der Waals surface area contributed by atoms with Crippen molar-refractivity contribution in [3.63, 3.8) is 0 Å². The number of piperazine rings is 1. The molecule has 0 spiro atoms. The lowest BCUT2D eigenvalue weighted by Crippen LogP contribution is -2.52. The maximum atomic E-state index is 13.1. The van der Waals surface area contributed by atoms with Crippen LogP contribution in [0.15, 0.2) is 91.0 Å². The molecule has 0 radical (unpaired) electrons. The number of nitrogens with one attached hydrogen (secondary N) is 1. The summed E-state index contributed by atoms with van der Waals surface area (Å²) in [6.45, 7) is 8.08. The number of phenols is 1. The molecular formula is C44H48N4O6. The summed E-state index contributed by atoms with van der Waals surface area (Å²) in [4.78, 5) is 43.6. The number of carbonyl (C=O) groups excluding carboxylic acids is 3. The van der Waals surface area contributed by atoms with Gasteiger partial charge in [-0.2, -0.15) is 0 Å². The Balaban J connectivity index is 0.782. The smallest absolute Gasteiger partial charge is 0.255 e. The zero-order valence-electron chi connectivity index (χ0n) is 30.8. The highest BCUT2D eigenvalue weighted by molar-refractivity contribution is 6.05. The van der Waals surface area contributed by atoms with Crippen LogP contribution < -0.4 is 19.7 Å². The summed E-state index contributed by atoms with van der Waals surface area (Å²) in [6, 6.07) is 29.9. The highest BCUT2D eigenvalue weighted by Gasteiger charge is 2.40. The number of carbonyl (C=O) groups is 3. The van der Waals surface area contributed by atoms with Gasteiger partial charge in [-0.1, -0.05) is 48.5 Å². The quantitative estimate of drug-likeness (QED) is 0.138. The molecule has 10 heteroatoms. The number of anilines is 1. The molecule has 54 heavy (non-hydrogen) atoms. The minimum atomic E-state index is -0.592. The highest BCUT2D eigenvalue weighted by Crippen LogP contribution is 2.49. The van der Waals surface area contributed by atoms with E-state index in [4.69, 9.17) is 9.47 Å². The average Bonchev–Trinajstić information content (AvgIpc) is 3.51. The van der Waals surface area contributed by atoms with Gasteiger partial charge in [-0.15, -0.1) is 0 Å². The van der Waals surface area contributed by atoms with E-state index < -0.39 is 6.04 Å². The number of ether oxygens (including phenoxy) is 2. The van der Waals surface area contributed by atoms with Gasteiger partial charge in [0.15, 0.2) is 0 Å². The van der Waals surface area contributed by atoms with Crippen molar-refractivity contribution in [2.45, 2.75) is 69.6 Å². The van der Waals surface area contributed by atoms with Gasteiger partial charge < -0.3 is 24.4 Å². The molecule has 4 atom stereocenters. The number of phenolic OH excluding ortho intramolecular Hbond substituents is 1. The molecule has 2 fully saturated rings. The Morgan fingerprint density at radius 1 is 0.852 bits per heavy atom. The van der Waals surface area contributed by atoms with Gasteiger partial charge in [0.2, 0.25) is 11.8 Å². The first-order valence-corrected chi connectivity index (χ1v) is 19.3. The molecule has 4 aliphatic heterocycles. The van der Waals surface area contributed by atoms with Crippen molar-refractivity contribution in [2.24, 2.45) is 0 Å². The van der Waals surface area contributed by atoms with Crippen LogP contribution in [0, 0.1) is 0 Å². The van der Waals surface area contributed by atoms with Crippen molar-refractivity contribution < 1.29 is 29.0 Å².